The van der Waals surface area contributed by atoms with Gasteiger partial charge >= 0.3 is 7.60 Å². The highest BCUT2D eigenvalue weighted by Gasteiger charge is 2.37. The van der Waals surface area contributed by atoms with E-state index in [4.69, 9.17) is 38.0 Å². The summed E-state index contributed by atoms with van der Waals surface area (Å²) >= 11 is 12.9. The third kappa shape index (κ3) is 6.68. The SMILES string of the molecule is CCOP(=O)(CCCc1cc(Cl)ccc1[C@@](N)(c1ccc2c(c1)c(-c1cccc(Cl)c1)cc(=O)n2C)c1cncn1C)OCC. The number of rotatable bonds is 12. The normalized spacial score (nSPS) is 13.3. The molecule has 0 amide bonds. The number of hydrogen-bond acceptors (Lipinski definition) is 6. The standard InChI is InChI=1S/C34H37Cl2N4O4P/c1-5-43-45(42,44-6-2)16-8-10-24-18-27(36)13-14-30(24)34(37,32-21-38-22-39(32)3)25-12-15-31-29(19-25)28(20-33(41)40(31)4)23-9-7-11-26(35)17-23/h7,9,11-15,17-22H,5-6,8,10,16,37H2,1-4H3/t34-/m0/s1. The first-order valence-corrected chi connectivity index (χ1v) is 17.3. The van der Waals surface area contributed by atoms with Crippen molar-refractivity contribution in [3.05, 3.63) is 122 Å². The first kappa shape index (κ1) is 33.1. The van der Waals surface area contributed by atoms with Crippen molar-refractivity contribution in [3.63, 3.8) is 0 Å². The molecule has 2 aromatic heterocycles. The maximum Gasteiger partial charge on any atom is 0.330 e. The third-order valence-corrected chi connectivity index (χ3v) is 10.7. The number of aromatic nitrogens is 3. The average molecular weight is 668 g/mol. The second-order valence-electron chi connectivity index (χ2n) is 11.0. The molecule has 5 aromatic rings. The molecule has 0 saturated carbocycles. The van der Waals surface area contributed by atoms with Crippen molar-refractivity contribution >= 4 is 41.7 Å². The lowest BCUT2D eigenvalue weighted by Crippen LogP contribution is -2.42. The zero-order valence-electron chi connectivity index (χ0n) is 25.8. The smallest absolute Gasteiger partial charge is 0.330 e. The minimum atomic E-state index is -3.23. The molecule has 0 bridgehead atoms. The van der Waals surface area contributed by atoms with Crippen molar-refractivity contribution < 1.29 is 13.6 Å². The van der Waals surface area contributed by atoms with Crippen molar-refractivity contribution in [1.82, 2.24) is 14.1 Å². The van der Waals surface area contributed by atoms with Gasteiger partial charge in [-0.1, -0.05) is 47.5 Å². The van der Waals surface area contributed by atoms with Crippen LogP contribution in [0.4, 0.5) is 0 Å². The Bertz CT molecular complexity index is 1950. The van der Waals surface area contributed by atoms with Crippen LogP contribution >= 0.6 is 30.8 Å². The molecule has 0 unspecified atom stereocenters. The maximum absolute atomic E-state index is 13.2. The Labute approximate surface area is 273 Å². The summed E-state index contributed by atoms with van der Waals surface area (Å²) < 4.78 is 27.8. The lowest BCUT2D eigenvalue weighted by atomic mass is 9.77. The first-order valence-electron chi connectivity index (χ1n) is 14.8. The van der Waals surface area contributed by atoms with Crippen LogP contribution < -0.4 is 11.3 Å². The third-order valence-electron chi connectivity index (χ3n) is 8.08. The van der Waals surface area contributed by atoms with Crippen LogP contribution in [0, 0.1) is 0 Å². The van der Waals surface area contributed by atoms with Gasteiger partial charge in [0.1, 0.15) is 5.54 Å². The number of aryl methyl sites for hydroxylation is 3. The summed E-state index contributed by atoms with van der Waals surface area (Å²) in [5.41, 5.74) is 11.9. The predicted octanol–water partition coefficient (Wildman–Crippen LogP) is 7.70. The fourth-order valence-electron chi connectivity index (χ4n) is 5.96. The molecule has 0 aliphatic heterocycles. The number of imidazole rings is 1. The van der Waals surface area contributed by atoms with Crippen molar-refractivity contribution in [2.24, 2.45) is 19.8 Å². The zero-order valence-corrected chi connectivity index (χ0v) is 28.2. The Morgan fingerprint density at radius 2 is 1.69 bits per heavy atom. The maximum atomic E-state index is 13.2. The summed E-state index contributed by atoms with van der Waals surface area (Å²) in [5, 5.41) is 1.99. The van der Waals surface area contributed by atoms with E-state index in [0.717, 1.165) is 44.4 Å². The fourth-order valence-corrected chi connectivity index (χ4v) is 8.01. The second kappa shape index (κ2) is 13.6. The molecular formula is C34H37Cl2N4O4P. The highest BCUT2D eigenvalue weighted by Crippen LogP contribution is 2.49. The molecule has 236 valence electrons. The summed E-state index contributed by atoms with van der Waals surface area (Å²) in [4.78, 5) is 17.4. The minimum Gasteiger partial charge on any atom is -0.336 e. The van der Waals surface area contributed by atoms with Crippen LogP contribution in [0.5, 0.6) is 0 Å². The molecule has 0 aliphatic rings. The van der Waals surface area contributed by atoms with Crippen LogP contribution in [-0.2, 0) is 39.7 Å². The predicted molar refractivity (Wildman–Crippen MR) is 182 cm³/mol. The van der Waals surface area contributed by atoms with E-state index in [1.165, 1.54) is 0 Å². The van der Waals surface area contributed by atoms with Crippen LogP contribution in [-0.4, -0.2) is 33.5 Å². The van der Waals surface area contributed by atoms with E-state index in [0.29, 0.717) is 36.1 Å². The number of hydrogen-bond donors (Lipinski definition) is 1. The van der Waals surface area contributed by atoms with Gasteiger partial charge in [-0.3, -0.25) is 9.36 Å². The highest BCUT2D eigenvalue weighted by atomic mass is 35.5. The van der Waals surface area contributed by atoms with Crippen LogP contribution in [0.2, 0.25) is 10.0 Å². The van der Waals surface area contributed by atoms with Gasteiger partial charge in [0.25, 0.3) is 5.56 Å². The molecule has 0 spiro atoms. The van der Waals surface area contributed by atoms with Gasteiger partial charge in [-0.2, -0.15) is 0 Å². The van der Waals surface area contributed by atoms with E-state index in [1.54, 1.807) is 50.1 Å². The minimum absolute atomic E-state index is 0.132. The van der Waals surface area contributed by atoms with E-state index < -0.39 is 13.1 Å². The molecule has 45 heavy (non-hydrogen) atoms. The first-order chi connectivity index (χ1) is 21.5. The molecule has 0 saturated heterocycles. The molecule has 0 fully saturated rings. The molecule has 2 N–H and O–H groups in total. The van der Waals surface area contributed by atoms with E-state index >= 15 is 0 Å². The number of nitrogens with zero attached hydrogens (tertiary/aromatic N) is 3. The quantitative estimate of drug-likeness (QED) is 0.137. The van der Waals surface area contributed by atoms with Crippen molar-refractivity contribution in [2.75, 3.05) is 19.4 Å². The van der Waals surface area contributed by atoms with Gasteiger partial charge in [-0.15, -0.1) is 0 Å². The molecule has 8 nitrogen and oxygen atoms in total. The van der Waals surface area contributed by atoms with E-state index in [2.05, 4.69) is 4.98 Å². The Balaban J connectivity index is 1.70. The van der Waals surface area contributed by atoms with Gasteiger partial charge < -0.3 is 23.9 Å². The van der Waals surface area contributed by atoms with Crippen LogP contribution in [0.15, 0.2) is 84.0 Å². The topological polar surface area (TPSA) is 101 Å². The number of nitrogens with two attached hydrogens (primary N) is 1. The van der Waals surface area contributed by atoms with Crippen molar-refractivity contribution in [1.29, 1.82) is 0 Å². The Kier molecular flexibility index (Phi) is 10.0. The van der Waals surface area contributed by atoms with Gasteiger partial charge in [-0.25, -0.2) is 4.98 Å². The molecule has 0 radical (unpaired) electrons. The monoisotopic (exact) mass is 666 g/mol. The van der Waals surface area contributed by atoms with Gasteiger partial charge in [-0.05, 0) is 90.9 Å². The molecule has 11 heteroatoms. The van der Waals surface area contributed by atoms with Crippen LogP contribution in [0.3, 0.4) is 0 Å². The number of fused-ring (bicyclic) bond motifs is 1. The van der Waals surface area contributed by atoms with Crippen molar-refractivity contribution in [3.8, 4) is 11.1 Å². The molecular weight excluding hydrogens is 630 g/mol. The lowest BCUT2D eigenvalue weighted by Gasteiger charge is -2.33. The Hall–Kier alpha value is -3.23. The second-order valence-corrected chi connectivity index (χ2v) is 14.0. The summed E-state index contributed by atoms with van der Waals surface area (Å²) in [6, 6.07) is 20.7. The Morgan fingerprint density at radius 3 is 2.36 bits per heavy atom. The number of pyridine rings is 1. The van der Waals surface area contributed by atoms with E-state index in [9.17, 15) is 9.36 Å². The summed E-state index contributed by atoms with van der Waals surface area (Å²) in [5.74, 6) is 0. The van der Waals surface area contributed by atoms with Gasteiger partial charge in [0.15, 0.2) is 0 Å². The van der Waals surface area contributed by atoms with E-state index in [1.807, 2.05) is 66.2 Å². The highest BCUT2D eigenvalue weighted by molar-refractivity contribution is 7.53. The summed E-state index contributed by atoms with van der Waals surface area (Å²) in [7, 11) is 0.430. The van der Waals surface area contributed by atoms with Gasteiger partial charge in [0.2, 0.25) is 0 Å². The fraction of sp³-hybridized carbons (Fsp3) is 0.294. The largest absolute Gasteiger partial charge is 0.336 e. The molecule has 3 aromatic carbocycles. The summed E-state index contributed by atoms with van der Waals surface area (Å²) in [6.45, 7) is 4.21. The van der Waals surface area contributed by atoms with Crippen LogP contribution in [0.1, 0.15) is 42.7 Å². The van der Waals surface area contributed by atoms with Crippen molar-refractivity contribution in [2.45, 2.75) is 32.2 Å². The van der Waals surface area contributed by atoms with Crippen LogP contribution in [0.25, 0.3) is 22.0 Å². The number of halogens is 2. The van der Waals surface area contributed by atoms with E-state index in [-0.39, 0.29) is 11.7 Å². The number of benzene rings is 3. The summed E-state index contributed by atoms with van der Waals surface area (Å²) in [6.07, 6.45) is 4.81. The van der Waals surface area contributed by atoms with Gasteiger partial charge in [0, 0.05) is 35.6 Å². The molecule has 0 aliphatic carbocycles. The van der Waals surface area contributed by atoms with Gasteiger partial charge in [0.05, 0.1) is 43.1 Å². The zero-order chi connectivity index (χ0) is 32.4. The molecule has 5 rings (SSSR count). The lowest BCUT2D eigenvalue weighted by molar-refractivity contribution is 0.220. The Morgan fingerprint density at radius 1 is 0.956 bits per heavy atom. The average Bonchev–Trinajstić information content (AvgIpc) is 3.45. The molecule has 2 heterocycles. The molecule has 1 atom stereocenters.